The number of rotatable bonds is 9. The quantitative estimate of drug-likeness (QED) is 0.319. The summed E-state index contributed by atoms with van der Waals surface area (Å²) < 4.78 is 1.89. The SMILES string of the molecule is CCn1c(SCC(=O)Nc2ccc(Cl)cc2Cl)nnc1C(NC(=O)c1ccccc1Cl)C(C)C. The van der Waals surface area contributed by atoms with Gasteiger partial charge in [0.2, 0.25) is 5.91 Å². The van der Waals surface area contributed by atoms with E-state index < -0.39 is 6.04 Å². The van der Waals surface area contributed by atoms with Crippen LogP contribution < -0.4 is 10.6 Å². The van der Waals surface area contributed by atoms with E-state index in [4.69, 9.17) is 34.8 Å². The number of aromatic nitrogens is 3. The molecule has 11 heteroatoms. The zero-order valence-electron chi connectivity index (χ0n) is 18.8. The molecule has 0 fully saturated rings. The number of nitrogens with zero attached hydrogens (tertiary/aromatic N) is 3. The molecule has 3 rings (SSSR count). The summed E-state index contributed by atoms with van der Waals surface area (Å²) in [6.45, 7) is 6.50. The molecule has 0 aliphatic rings. The minimum absolute atomic E-state index is 0.0362. The minimum atomic E-state index is -0.396. The van der Waals surface area contributed by atoms with Crippen molar-refractivity contribution < 1.29 is 9.59 Å². The van der Waals surface area contributed by atoms with E-state index in [-0.39, 0.29) is 23.5 Å². The van der Waals surface area contributed by atoms with Crippen LogP contribution in [-0.2, 0) is 11.3 Å². The Balaban J connectivity index is 1.72. The highest BCUT2D eigenvalue weighted by Crippen LogP contribution is 2.28. The highest BCUT2D eigenvalue weighted by molar-refractivity contribution is 7.99. The summed E-state index contributed by atoms with van der Waals surface area (Å²) in [5.74, 6) is 0.225. The Hall–Kier alpha value is -2.26. The summed E-state index contributed by atoms with van der Waals surface area (Å²) in [6, 6.07) is 11.3. The van der Waals surface area contributed by atoms with E-state index in [1.807, 2.05) is 25.3 Å². The Morgan fingerprint density at radius 3 is 2.44 bits per heavy atom. The Labute approximate surface area is 217 Å². The number of amides is 2. The van der Waals surface area contributed by atoms with Gasteiger partial charge in [0, 0.05) is 11.6 Å². The van der Waals surface area contributed by atoms with Gasteiger partial charge in [0.25, 0.3) is 5.91 Å². The van der Waals surface area contributed by atoms with Gasteiger partial charge >= 0.3 is 0 Å². The highest BCUT2D eigenvalue weighted by atomic mass is 35.5. The molecule has 0 aliphatic heterocycles. The van der Waals surface area contributed by atoms with Crippen molar-refractivity contribution in [2.45, 2.75) is 38.5 Å². The molecule has 34 heavy (non-hydrogen) atoms. The zero-order chi connectivity index (χ0) is 24.8. The summed E-state index contributed by atoms with van der Waals surface area (Å²) in [4.78, 5) is 25.3. The average Bonchev–Trinajstić information content (AvgIpc) is 3.20. The van der Waals surface area contributed by atoms with Gasteiger partial charge in [0.15, 0.2) is 11.0 Å². The molecular weight excluding hydrogens is 517 g/mol. The summed E-state index contributed by atoms with van der Waals surface area (Å²) in [6.07, 6.45) is 0. The fraction of sp³-hybridized carbons (Fsp3) is 0.304. The van der Waals surface area contributed by atoms with E-state index in [1.54, 1.807) is 42.5 Å². The van der Waals surface area contributed by atoms with Crippen LogP contribution in [0.15, 0.2) is 47.6 Å². The molecule has 0 radical (unpaired) electrons. The van der Waals surface area contributed by atoms with Crippen molar-refractivity contribution in [3.8, 4) is 0 Å². The molecule has 180 valence electrons. The van der Waals surface area contributed by atoms with Gasteiger partial charge in [0.05, 0.1) is 33.1 Å². The maximum atomic E-state index is 12.9. The van der Waals surface area contributed by atoms with Gasteiger partial charge in [-0.25, -0.2) is 0 Å². The number of carbonyl (C=O) groups is 2. The third-order valence-electron chi connectivity index (χ3n) is 4.95. The van der Waals surface area contributed by atoms with Crippen molar-refractivity contribution in [1.82, 2.24) is 20.1 Å². The van der Waals surface area contributed by atoms with Crippen LogP contribution in [0, 0.1) is 5.92 Å². The number of anilines is 1. The van der Waals surface area contributed by atoms with Crippen LogP contribution in [0.25, 0.3) is 0 Å². The fourth-order valence-corrected chi connectivity index (χ4v) is 4.72. The van der Waals surface area contributed by atoms with Crippen LogP contribution in [0.3, 0.4) is 0 Å². The topological polar surface area (TPSA) is 88.9 Å². The van der Waals surface area contributed by atoms with E-state index in [1.165, 1.54) is 11.8 Å². The van der Waals surface area contributed by atoms with Crippen LogP contribution in [0.1, 0.15) is 43.0 Å². The second-order valence-electron chi connectivity index (χ2n) is 7.72. The van der Waals surface area contributed by atoms with Gasteiger partial charge in [-0.3, -0.25) is 9.59 Å². The van der Waals surface area contributed by atoms with Crippen LogP contribution in [0.5, 0.6) is 0 Å². The predicted molar refractivity (Wildman–Crippen MR) is 138 cm³/mol. The van der Waals surface area contributed by atoms with Gasteiger partial charge in [-0.05, 0) is 43.2 Å². The first kappa shape index (κ1) is 26.3. The number of carbonyl (C=O) groups excluding carboxylic acids is 2. The molecule has 1 aromatic heterocycles. The third kappa shape index (κ3) is 6.44. The Kier molecular flexibility index (Phi) is 9.24. The van der Waals surface area contributed by atoms with E-state index in [0.29, 0.717) is 43.8 Å². The number of thioether (sulfide) groups is 1. The molecule has 0 bridgehead atoms. The molecule has 2 amide bonds. The number of hydrogen-bond acceptors (Lipinski definition) is 5. The summed E-state index contributed by atoms with van der Waals surface area (Å²) in [7, 11) is 0. The summed E-state index contributed by atoms with van der Waals surface area (Å²) in [5.41, 5.74) is 0.876. The van der Waals surface area contributed by atoms with E-state index in [2.05, 4.69) is 20.8 Å². The van der Waals surface area contributed by atoms with Crippen molar-refractivity contribution in [2.75, 3.05) is 11.1 Å². The third-order valence-corrected chi connectivity index (χ3v) is 6.79. The van der Waals surface area contributed by atoms with Gasteiger partial charge < -0.3 is 15.2 Å². The van der Waals surface area contributed by atoms with Crippen LogP contribution in [-0.4, -0.2) is 32.3 Å². The Morgan fingerprint density at radius 2 is 1.79 bits per heavy atom. The summed E-state index contributed by atoms with van der Waals surface area (Å²) >= 11 is 19.5. The van der Waals surface area contributed by atoms with Gasteiger partial charge in [-0.15, -0.1) is 10.2 Å². The number of halogens is 3. The first-order chi connectivity index (χ1) is 16.2. The molecule has 0 saturated carbocycles. The average molecular weight is 541 g/mol. The Bertz CT molecular complexity index is 1190. The Morgan fingerprint density at radius 1 is 1.06 bits per heavy atom. The first-order valence-corrected chi connectivity index (χ1v) is 12.7. The molecule has 0 aliphatic carbocycles. The molecule has 0 spiro atoms. The molecule has 2 N–H and O–H groups in total. The van der Waals surface area contributed by atoms with Crippen molar-refractivity contribution >= 4 is 64.1 Å². The van der Waals surface area contributed by atoms with Crippen LogP contribution in [0.2, 0.25) is 15.1 Å². The fourth-order valence-electron chi connectivity index (χ4n) is 3.24. The lowest BCUT2D eigenvalue weighted by molar-refractivity contribution is -0.113. The lowest BCUT2D eigenvalue weighted by Gasteiger charge is -2.22. The highest BCUT2D eigenvalue weighted by Gasteiger charge is 2.26. The van der Waals surface area contributed by atoms with Crippen molar-refractivity contribution in [2.24, 2.45) is 5.92 Å². The normalized spacial score (nSPS) is 12.0. The molecular formula is C23H24Cl3N5O2S. The van der Waals surface area contributed by atoms with Crippen LogP contribution >= 0.6 is 46.6 Å². The van der Waals surface area contributed by atoms with E-state index in [0.717, 1.165) is 0 Å². The van der Waals surface area contributed by atoms with Crippen LogP contribution in [0.4, 0.5) is 5.69 Å². The van der Waals surface area contributed by atoms with Gasteiger partial charge in [-0.1, -0.05) is 72.5 Å². The first-order valence-electron chi connectivity index (χ1n) is 10.6. The molecule has 0 saturated heterocycles. The largest absolute Gasteiger partial charge is 0.342 e. The van der Waals surface area contributed by atoms with Gasteiger partial charge in [-0.2, -0.15) is 0 Å². The monoisotopic (exact) mass is 539 g/mol. The molecule has 3 aromatic rings. The van der Waals surface area contributed by atoms with Crippen molar-refractivity contribution in [3.63, 3.8) is 0 Å². The van der Waals surface area contributed by atoms with E-state index >= 15 is 0 Å². The molecule has 7 nitrogen and oxygen atoms in total. The molecule has 1 atom stereocenters. The second kappa shape index (κ2) is 11.9. The standard InChI is InChI=1S/C23H24Cl3N5O2S/c1-4-31-21(20(13(2)3)28-22(33)15-7-5-6-8-16(15)25)29-30-23(31)34-12-19(32)27-18-10-9-14(24)11-17(18)26/h5-11,13,20H,4,12H2,1-3H3,(H,27,32)(H,28,33). The second-order valence-corrected chi connectivity index (χ2v) is 9.91. The number of nitrogens with one attached hydrogen (secondary N) is 2. The number of benzene rings is 2. The minimum Gasteiger partial charge on any atom is -0.342 e. The van der Waals surface area contributed by atoms with Crippen molar-refractivity contribution in [1.29, 1.82) is 0 Å². The maximum Gasteiger partial charge on any atom is 0.253 e. The van der Waals surface area contributed by atoms with Crippen molar-refractivity contribution in [3.05, 3.63) is 68.9 Å². The molecule has 1 unspecified atom stereocenters. The lowest BCUT2D eigenvalue weighted by Crippen LogP contribution is -2.34. The molecule has 2 aromatic carbocycles. The summed E-state index contributed by atoms with van der Waals surface area (Å²) in [5, 5.41) is 16.2. The maximum absolute atomic E-state index is 12.9. The molecule has 1 heterocycles. The van der Waals surface area contributed by atoms with Gasteiger partial charge in [0.1, 0.15) is 0 Å². The number of hydrogen-bond donors (Lipinski definition) is 2. The zero-order valence-corrected chi connectivity index (χ0v) is 21.9. The van der Waals surface area contributed by atoms with E-state index in [9.17, 15) is 9.59 Å². The lowest BCUT2D eigenvalue weighted by atomic mass is 10.0. The smallest absolute Gasteiger partial charge is 0.253 e. The predicted octanol–water partition coefficient (Wildman–Crippen LogP) is 6.12.